The molecular weight excluding hydrogens is 288 g/mol. The molecule has 2 heterocycles. The van der Waals surface area contributed by atoms with Crippen LogP contribution in [0.2, 0.25) is 0 Å². The Morgan fingerprint density at radius 2 is 2.19 bits per heavy atom. The fourth-order valence-electron chi connectivity index (χ4n) is 2.41. The molecule has 1 atom stereocenters. The second kappa shape index (κ2) is 7.53. The second-order valence-corrected chi connectivity index (χ2v) is 6.20. The smallest absolute Gasteiger partial charge is 0.242 e. The lowest BCUT2D eigenvalue weighted by molar-refractivity contribution is -0.124. The third kappa shape index (κ3) is 4.52. The summed E-state index contributed by atoms with van der Waals surface area (Å²) in [4.78, 5) is 26.4. The van der Waals surface area contributed by atoms with Gasteiger partial charge in [0.2, 0.25) is 11.8 Å². The van der Waals surface area contributed by atoms with E-state index >= 15 is 0 Å². The molecule has 116 valence electrons. The molecule has 1 aliphatic heterocycles. The number of thiophene rings is 1. The van der Waals surface area contributed by atoms with Crippen molar-refractivity contribution in [3.63, 3.8) is 0 Å². The van der Waals surface area contributed by atoms with Crippen LogP contribution >= 0.6 is 11.3 Å². The Morgan fingerprint density at radius 3 is 2.76 bits per heavy atom. The van der Waals surface area contributed by atoms with E-state index in [-0.39, 0.29) is 17.9 Å². The molecule has 1 aliphatic rings. The number of piperidine rings is 1. The van der Waals surface area contributed by atoms with Gasteiger partial charge < -0.3 is 16.4 Å². The first kappa shape index (κ1) is 15.9. The third-order valence-corrected chi connectivity index (χ3v) is 4.67. The van der Waals surface area contributed by atoms with Crippen molar-refractivity contribution in [2.45, 2.75) is 24.9 Å². The minimum absolute atomic E-state index is 0.0252. The minimum Gasteiger partial charge on any atom is -0.358 e. The molecule has 0 radical (unpaired) electrons. The zero-order valence-electron chi connectivity index (χ0n) is 12.2. The highest BCUT2D eigenvalue weighted by molar-refractivity contribution is 7.10. The Bertz CT molecular complexity index is 469. The fraction of sp³-hybridized carbons (Fsp3) is 0.571. The van der Waals surface area contributed by atoms with Gasteiger partial charge in [-0.25, -0.2) is 0 Å². The van der Waals surface area contributed by atoms with E-state index in [1.165, 1.54) is 11.3 Å². The van der Waals surface area contributed by atoms with E-state index in [4.69, 9.17) is 5.73 Å². The average Bonchev–Trinajstić information content (AvgIpc) is 3.02. The van der Waals surface area contributed by atoms with Crippen LogP contribution in [0.25, 0.3) is 0 Å². The molecule has 1 saturated heterocycles. The molecule has 0 aromatic carbocycles. The number of likely N-dealkylation sites (N-methyl/N-ethyl adjacent to an activating group) is 1. The van der Waals surface area contributed by atoms with Crippen molar-refractivity contribution in [1.82, 2.24) is 15.5 Å². The van der Waals surface area contributed by atoms with E-state index in [0.29, 0.717) is 6.54 Å². The van der Waals surface area contributed by atoms with Crippen LogP contribution in [-0.4, -0.2) is 49.4 Å². The van der Waals surface area contributed by atoms with Crippen molar-refractivity contribution in [2.75, 3.05) is 26.7 Å². The molecule has 21 heavy (non-hydrogen) atoms. The van der Waals surface area contributed by atoms with Crippen LogP contribution in [0.3, 0.4) is 0 Å². The maximum atomic E-state index is 12.1. The second-order valence-electron chi connectivity index (χ2n) is 5.23. The lowest BCUT2D eigenvalue weighted by Gasteiger charge is -2.32. The molecule has 0 aliphatic carbocycles. The highest BCUT2D eigenvalue weighted by atomic mass is 32.1. The highest BCUT2D eigenvalue weighted by Crippen LogP contribution is 2.18. The number of nitrogens with two attached hydrogens (primary N) is 1. The number of hydrogen-bond donors (Lipinski definition) is 3. The quantitative estimate of drug-likeness (QED) is 0.718. The van der Waals surface area contributed by atoms with Crippen molar-refractivity contribution >= 4 is 23.2 Å². The normalized spacial score (nSPS) is 18.2. The molecule has 0 spiro atoms. The van der Waals surface area contributed by atoms with Gasteiger partial charge in [0.15, 0.2) is 0 Å². The zero-order chi connectivity index (χ0) is 15.2. The summed E-state index contributed by atoms with van der Waals surface area (Å²) < 4.78 is 0. The van der Waals surface area contributed by atoms with Crippen LogP contribution in [0.15, 0.2) is 17.5 Å². The monoisotopic (exact) mass is 310 g/mol. The van der Waals surface area contributed by atoms with E-state index in [1.54, 1.807) is 7.05 Å². The van der Waals surface area contributed by atoms with Gasteiger partial charge in [-0.05, 0) is 24.3 Å². The van der Waals surface area contributed by atoms with Gasteiger partial charge in [0.25, 0.3) is 0 Å². The van der Waals surface area contributed by atoms with Crippen LogP contribution in [0.5, 0.6) is 0 Å². The van der Waals surface area contributed by atoms with Crippen LogP contribution in [-0.2, 0) is 9.59 Å². The van der Waals surface area contributed by atoms with Crippen LogP contribution in [0.1, 0.15) is 23.8 Å². The molecule has 6 nitrogen and oxygen atoms in total. The minimum atomic E-state index is -0.589. The van der Waals surface area contributed by atoms with Crippen molar-refractivity contribution in [1.29, 1.82) is 0 Å². The van der Waals surface area contributed by atoms with Gasteiger partial charge in [-0.1, -0.05) is 6.07 Å². The number of carbonyl (C=O) groups is 2. The maximum Gasteiger partial charge on any atom is 0.242 e. The van der Waals surface area contributed by atoms with Gasteiger partial charge >= 0.3 is 0 Å². The summed E-state index contributed by atoms with van der Waals surface area (Å²) in [5.41, 5.74) is 5.95. The molecule has 2 rings (SSSR count). The number of rotatable bonds is 5. The number of likely N-dealkylation sites (tertiary alicyclic amines) is 1. The molecule has 1 aromatic rings. The van der Waals surface area contributed by atoms with Crippen molar-refractivity contribution in [2.24, 2.45) is 5.73 Å². The fourth-order valence-corrected chi connectivity index (χ4v) is 3.13. The molecule has 7 heteroatoms. The van der Waals surface area contributed by atoms with E-state index in [0.717, 1.165) is 30.8 Å². The predicted molar refractivity (Wildman–Crippen MR) is 82.9 cm³/mol. The van der Waals surface area contributed by atoms with Gasteiger partial charge in [-0.2, -0.15) is 0 Å². The first-order valence-electron chi connectivity index (χ1n) is 7.12. The summed E-state index contributed by atoms with van der Waals surface area (Å²) in [5, 5.41) is 7.55. The van der Waals surface area contributed by atoms with Crippen LogP contribution < -0.4 is 16.4 Å². The Hall–Kier alpha value is -1.44. The Kier molecular flexibility index (Phi) is 5.72. The first-order chi connectivity index (χ1) is 10.1. The SMILES string of the molecule is CNC(=O)CN1CCC(NC(=O)C(N)c2cccs2)CC1. The summed E-state index contributed by atoms with van der Waals surface area (Å²) in [6.07, 6.45) is 1.69. The summed E-state index contributed by atoms with van der Waals surface area (Å²) in [5.74, 6) is -0.0978. The summed E-state index contributed by atoms with van der Waals surface area (Å²) in [7, 11) is 1.64. The number of nitrogens with zero attached hydrogens (tertiary/aromatic N) is 1. The number of hydrogen-bond acceptors (Lipinski definition) is 5. The Morgan fingerprint density at radius 1 is 1.48 bits per heavy atom. The number of carbonyl (C=O) groups excluding carboxylic acids is 2. The largest absolute Gasteiger partial charge is 0.358 e. The predicted octanol–water partition coefficient (Wildman–Crippen LogP) is 0.0745. The van der Waals surface area contributed by atoms with Crippen LogP contribution in [0, 0.1) is 0 Å². The molecule has 1 aromatic heterocycles. The van der Waals surface area contributed by atoms with E-state index in [2.05, 4.69) is 15.5 Å². The number of nitrogens with one attached hydrogen (secondary N) is 2. The first-order valence-corrected chi connectivity index (χ1v) is 8.00. The number of amides is 2. The average molecular weight is 310 g/mol. The zero-order valence-corrected chi connectivity index (χ0v) is 13.0. The van der Waals surface area contributed by atoms with Gasteiger partial charge in [0, 0.05) is 31.1 Å². The molecular formula is C14H22N4O2S. The van der Waals surface area contributed by atoms with Crippen molar-refractivity contribution in [3.05, 3.63) is 22.4 Å². The molecule has 0 saturated carbocycles. The summed E-state index contributed by atoms with van der Waals surface area (Å²) >= 11 is 1.49. The summed E-state index contributed by atoms with van der Waals surface area (Å²) in [6, 6.07) is 3.32. The van der Waals surface area contributed by atoms with Gasteiger partial charge in [0.1, 0.15) is 6.04 Å². The Labute approximate surface area is 128 Å². The summed E-state index contributed by atoms with van der Waals surface area (Å²) in [6.45, 7) is 2.05. The Balaban J connectivity index is 1.75. The molecule has 1 unspecified atom stereocenters. The maximum absolute atomic E-state index is 12.1. The van der Waals surface area contributed by atoms with Gasteiger partial charge in [-0.3, -0.25) is 14.5 Å². The standard InChI is InChI=1S/C14H22N4O2S/c1-16-12(19)9-18-6-4-10(5-7-18)17-14(20)13(15)11-3-2-8-21-11/h2-3,8,10,13H,4-7,9,15H2,1H3,(H,16,19)(H,17,20). The van der Waals surface area contributed by atoms with Crippen LogP contribution in [0.4, 0.5) is 0 Å². The highest BCUT2D eigenvalue weighted by Gasteiger charge is 2.24. The van der Waals surface area contributed by atoms with Gasteiger partial charge in [0.05, 0.1) is 6.54 Å². The molecule has 4 N–H and O–H groups in total. The topological polar surface area (TPSA) is 87.5 Å². The van der Waals surface area contributed by atoms with E-state index in [1.807, 2.05) is 17.5 Å². The third-order valence-electron chi connectivity index (χ3n) is 3.71. The van der Waals surface area contributed by atoms with Crippen molar-refractivity contribution < 1.29 is 9.59 Å². The lowest BCUT2D eigenvalue weighted by Crippen LogP contribution is -2.48. The van der Waals surface area contributed by atoms with Crippen molar-refractivity contribution in [3.8, 4) is 0 Å². The molecule has 2 amide bonds. The molecule has 0 bridgehead atoms. The van der Waals surface area contributed by atoms with Gasteiger partial charge in [-0.15, -0.1) is 11.3 Å². The lowest BCUT2D eigenvalue weighted by atomic mass is 10.0. The molecule has 1 fully saturated rings. The van der Waals surface area contributed by atoms with E-state index < -0.39 is 6.04 Å². The van der Waals surface area contributed by atoms with E-state index in [9.17, 15) is 9.59 Å².